The molecule has 3 aromatic rings. The second-order valence-corrected chi connectivity index (χ2v) is 7.25. The summed E-state index contributed by atoms with van der Waals surface area (Å²) in [5.74, 6) is -0.0737. The molecule has 0 aromatic heterocycles. The molecule has 3 aromatic carbocycles. The Balaban J connectivity index is 1.86. The number of methoxy groups -OCH3 is 1. The first kappa shape index (κ1) is 20.6. The molecule has 0 spiro atoms. The lowest BCUT2D eigenvalue weighted by atomic mass is 10.1. The first-order valence-electron chi connectivity index (χ1n) is 8.85. The van der Waals surface area contributed by atoms with E-state index < -0.39 is 5.91 Å². The summed E-state index contributed by atoms with van der Waals surface area (Å²) in [6.07, 6.45) is 1.65. The molecule has 0 unspecified atom stereocenters. The fraction of sp³-hybridized carbons (Fsp3) is 0.0435. The quantitative estimate of drug-likeness (QED) is 0.382. The van der Waals surface area contributed by atoms with Crippen molar-refractivity contribution in [1.82, 2.24) is 5.32 Å². The van der Waals surface area contributed by atoms with E-state index >= 15 is 0 Å². The van der Waals surface area contributed by atoms with Crippen molar-refractivity contribution in [3.05, 3.63) is 99.3 Å². The van der Waals surface area contributed by atoms with Crippen LogP contribution in [0.3, 0.4) is 0 Å². The molecule has 0 bridgehead atoms. The van der Waals surface area contributed by atoms with Gasteiger partial charge in [0.2, 0.25) is 0 Å². The standard InChI is InChI=1S/C23H19IN2O3/c1-29-18-13-11-17(12-14-18)25-23(28)21(15-16-7-3-2-4-8-16)26-22(27)19-9-5-6-10-20(19)24/h2-15H,1H3,(H,25,28)(H,26,27)/b21-15+. The van der Waals surface area contributed by atoms with Crippen LogP contribution in [0.2, 0.25) is 0 Å². The van der Waals surface area contributed by atoms with Crippen LogP contribution in [-0.2, 0) is 4.79 Å². The Hall–Kier alpha value is -3.13. The van der Waals surface area contributed by atoms with Crippen molar-refractivity contribution in [3.8, 4) is 5.75 Å². The predicted molar refractivity (Wildman–Crippen MR) is 123 cm³/mol. The van der Waals surface area contributed by atoms with E-state index in [0.717, 1.165) is 9.13 Å². The number of benzene rings is 3. The molecule has 0 aliphatic heterocycles. The molecule has 0 heterocycles. The lowest BCUT2D eigenvalue weighted by molar-refractivity contribution is -0.113. The molecule has 0 fully saturated rings. The molecule has 2 N–H and O–H groups in total. The van der Waals surface area contributed by atoms with E-state index in [1.54, 1.807) is 49.6 Å². The highest BCUT2D eigenvalue weighted by Crippen LogP contribution is 2.17. The zero-order valence-electron chi connectivity index (χ0n) is 15.7. The Morgan fingerprint density at radius 1 is 0.897 bits per heavy atom. The van der Waals surface area contributed by atoms with Gasteiger partial charge in [-0.2, -0.15) is 0 Å². The number of nitrogens with one attached hydrogen (secondary N) is 2. The first-order valence-corrected chi connectivity index (χ1v) is 9.93. The van der Waals surface area contributed by atoms with Gasteiger partial charge in [0.05, 0.1) is 12.7 Å². The van der Waals surface area contributed by atoms with Crippen molar-refractivity contribution in [2.75, 3.05) is 12.4 Å². The number of amides is 2. The van der Waals surface area contributed by atoms with Crippen molar-refractivity contribution in [2.24, 2.45) is 0 Å². The largest absolute Gasteiger partial charge is 0.497 e. The minimum atomic E-state index is -0.418. The highest BCUT2D eigenvalue weighted by molar-refractivity contribution is 14.1. The number of hydrogen-bond acceptors (Lipinski definition) is 3. The van der Waals surface area contributed by atoms with Gasteiger partial charge in [-0.25, -0.2) is 0 Å². The molecule has 0 aliphatic carbocycles. The van der Waals surface area contributed by atoms with Crippen LogP contribution in [0.1, 0.15) is 15.9 Å². The maximum absolute atomic E-state index is 12.9. The summed E-state index contributed by atoms with van der Waals surface area (Å²) in [5, 5.41) is 5.55. The van der Waals surface area contributed by atoms with E-state index in [0.29, 0.717) is 17.0 Å². The van der Waals surface area contributed by atoms with Crippen LogP contribution in [-0.4, -0.2) is 18.9 Å². The minimum absolute atomic E-state index is 0.150. The van der Waals surface area contributed by atoms with Crippen LogP contribution in [0.15, 0.2) is 84.6 Å². The number of ether oxygens (including phenoxy) is 1. The molecule has 6 heteroatoms. The molecule has 0 radical (unpaired) electrons. The van der Waals surface area contributed by atoms with Crippen LogP contribution in [0.5, 0.6) is 5.75 Å². The number of anilines is 1. The summed E-state index contributed by atoms with van der Waals surface area (Å²) in [4.78, 5) is 25.6. The molecule has 0 saturated heterocycles. The third kappa shape index (κ3) is 5.68. The first-order chi connectivity index (χ1) is 14.1. The van der Waals surface area contributed by atoms with Gasteiger partial charge < -0.3 is 15.4 Å². The van der Waals surface area contributed by atoms with Crippen LogP contribution >= 0.6 is 22.6 Å². The van der Waals surface area contributed by atoms with E-state index in [1.807, 2.05) is 42.5 Å². The Labute approximate surface area is 182 Å². The summed E-state index contributed by atoms with van der Waals surface area (Å²) in [7, 11) is 1.58. The molecular formula is C23H19IN2O3. The van der Waals surface area contributed by atoms with E-state index in [4.69, 9.17) is 4.74 Å². The molecule has 0 atom stereocenters. The van der Waals surface area contributed by atoms with Crippen molar-refractivity contribution < 1.29 is 14.3 Å². The van der Waals surface area contributed by atoms with E-state index in [2.05, 4.69) is 33.2 Å². The van der Waals surface area contributed by atoms with Gasteiger partial charge in [0.15, 0.2) is 0 Å². The van der Waals surface area contributed by atoms with Crippen molar-refractivity contribution in [2.45, 2.75) is 0 Å². The van der Waals surface area contributed by atoms with E-state index in [9.17, 15) is 9.59 Å². The molecule has 146 valence electrons. The number of carbonyl (C=O) groups is 2. The Morgan fingerprint density at radius 3 is 2.21 bits per heavy atom. The fourth-order valence-electron chi connectivity index (χ4n) is 2.58. The highest BCUT2D eigenvalue weighted by Gasteiger charge is 2.16. The van der Waals surface area contributed by atoms with Crippen LogP contribution in [0.25, 0.3) is 6.08 Å². The average Bonchev–Trinajstić information content (AvgIpc) is 2.74. The van der Waals surface area contributed by atoms with Gasteiger partial charge in [-0.15, -0.1) is 0 Å². The maximum Gasteiger partial charge on any atom is 0.272 e. The smallest absolute Gasteiger partial charge is 0.272 e. The second kappa shape index (κ2) is 9.88. The van der Waals surface area contributed by atoms with Crippen molar-refractivity contribution >= 4 is 46.2 Å². The number of carbonyl (C=O) groups excluding carboxylic acids is 2. The van der Waals surface area contributed by atoms with Crippen LogP contribution in [0, 0.1) is 3.57 Å². The Morgan fingerprint density at radius 2 is 1.55 bits per heavy atom. The Kier molecular flexibility index (Phi) is 7.02. The van der Waals surface area contributed by atoms with Gasteiger partial charge in [0.1, 0.15) is 11.4 Å². The number of halogens is 1. The third-order valence-electron chi connectivity index (χ3n) is 4.07. The lowest BCUT2D eigenvalue weighted by Crippen LogP contribution is -2.31. The zero-order chi connectivity index (χ0) is 20.6. The predicted octanol–water partition coefficient (Wildman–Crippen LogP) is 4.71. The average molecular weight is 498 g/mol. The van der Waals surface area contributed by atoms with Gasteiger partial charge in [0.25, 0.3) is 11.8 Å². The topological polar surface area (TPSA) is 67.4 Å². The van der Waals surface area contributed by atoms with Crippen molar-refractivity contribution in [3.63, 3.8) is 0 Å². The normalized spacial score (nSPS) is 10.9. The summed E-state index contributed by atoms with van der Waals surface area (Å²) in [6, 6.07) is 23.5. The zero-order valence-corrected chi connectivity index (χ0v) is 17.8. The molecule has 5 nitrogen and oxygen atoms in total. The second-order valence-electron chi connectivity index (χ2n) is 6.09. The SMILES string of the molecule is COc1ccc(NC(=O)/C(=C\c2ccccc2)NC(=O)c2ccccc2I)cc1. The van der Waals surface area contributed by atoms with Crippen molar-refractivity contribution in [1.29, 1.82) is 0 Å². The molecule has 0 aliphatic rings. The maximum atomic E-state index is 12.9. The third-order valence-corrected chi connectivity index (χ3v) is 5.01. The summed E-state index contributed by atoms with van der Waals surface area (Å²) in [6.45, 7) is 0. The highest BCUT2D eigenvalue weighted by atomic mass is 127. The summed E-state index contributed by atoms with van der Waals surface area (Å²) in [5.41, 5.74) is 2.05. The van der Waals surface area contributed by atoms with Gasteiger partial charge in [0, 0.05) is 9.26 Å². The monoisotopic (exact) mass is 498 g/mol. The van der Waals surface area contributed by atoms with Gasteiger partial charge in [-0.05, 0) is 70.6 Å². The van der Waals surface area contributed by atoms with Crippen LogP contribution < -0.4 is 15.4 Å². The van der Waals surface area contributed by atoms with Gasteiger partial charge >= 0.3 is 0 Å². The molecule has 3 rings (SSSR count). The molecule has 0 saturated carbocycles. The molecule has 2 amide bonds. The Bertz CT molecular complexity index is 1030. The summed E-state index contributed by atoms with van der Waals surface area (Å²) < 4.78 is 5.93. The number of hydrogen-bond donors (Lipinski definition) is 2. The lowest BCUT2D eigenvalue weighted by Gasteiger charge is -2.12. The van der Waals surface area contributed by atoms with Crippen LogP contribution in [0.4, 0.5) is 5.69 Å². The minimum Gasteiger partial charge on any atom is -0.497 e. The summed E-state index contributed by atoms with van der Waals surface area (Å²) >= 11 is 2.10. The molecule has 29 heavy (non-hydrogen) atoms. The van der Waals surface area contributed by atoms with E-state index in [1.165, 1.54) is 0 Å². The van der Waals surface area contributed by atoms with Gasteiger partial charge in [-0.3, -0.25) is 9.59 Å². The number of rotatable bonds is 6. The van der Waals surface area contributed by atoms with Gasteiger partial charge in [-0.1, -0.05) is 42.5 Å². The molecular weight excluding hydrogens is 479 g/mol. The fourth-order valence-corrected chi connectivity index (χ4v) is 3.21. The van der Waals surface area contributed by atoms with E-state index in [-0.39, 0.29) is 11.6 Å².